The average Bonchev–Trinajstić information content (AvgIpc) is 3.00. The molecule has 0 bridgehead atoms. The first-order valence-corrected chi connectivity index (χ1v) is 12.3. The minimum Gasteiger partial charge on any atom is -0.504 e. The Kier molecular flexibility index (Phi) is 13.3. The number of phenolic OH excluding ortho intramolecular Hbond substituents is 1. The van der Waals surface area contributed by atoms with Crippen molar-refractivity contribution in [2.75, 3.05) is 14.2 Å². The van der Waals surface area contributed by atoms with Gasteiger partial charge >= 0.3 is 11.9 Å². The molecule has 2 N–H and O–H groups in total. The van der Waals surface area contributed by atoms with Crippen molar-refractivity contribution in [1.82, 2.24) is 9.97 Å². The van der Waals surface area contributed by atoms with Gasteiger partial charge in [0, 0.05) is 24.8 Å². The fourth-order valence-electron chi connectivity index (χ4n) is 3.24. The number of allylic oxidation sites excluding steroid dienone is 2. The Morgan fingerprint density at radius 1 is 0.780 bits per heavy atom. The number of nitrogens with zero attached hydrogens (tertiary/aromatic N) is 2. The number of carboxylic acids is 1. The maximum atomic E-state index is 12.0. The van der Waals surface area contributed by atoms with Crippen LogP contribution in [-0.4, -0.2) is 46.3 Å². The van der Waals surface area contributed by atoms with E-state index in [0.717, 1.165) is 24.0 Å². The van der Waals surface area contributed by atoms with Crippen LogP contribution in [0.1, 0.15) is 31.8 Å². The number of esters is 1. The number of aromatic nitrogens is 2. The lowest BCUT2D eigenvalue weighted by molar-refractivity contribution is 0.0693. The number of carbonyl (C=O) groups is 2. The van der Waals surface area contributed by atoms with E-state index in [1.807, 2.05) is 24.3 Å². The van der Waals surface area contributed by atoms with Gasteiger partial charge in [-0.1, -0.05) is 24.3 Å². The molecule has 0 aliphatic rings. The summed E-state index contributed by atoms with van der Waals surface area (Å²) in [6, 6.07) is 17.1. The first kappa shape index (κ1) is 31.8. The Bertz CT molecular complexity index is 1420. The number of carbonyl (C=O) groups excluding carboxylic acids is 1. The Morgan fingerprint density at radius 3 is 1.78 bits per heavy atom. The molecule has 0 spiro atoms. The molecule has 212 valence electrons. The van der Waals surface area contributed by atoms with Crippen molar-refractivity contribution in [3.05, 3.63) is 133 Å². The number of methoxy groups -OCH3 is 2. The van der Waals surface area contributed by atoms with Crippen LogP contribution in [0.15, 0.2) is 111 Å². The third-order valence-corrected chi connectivity index (χ3v) is 5.24. The minimum atomic E-state index is -0.942. The summed E-state index contributed by atoms with van der Waals surface area (Å²) in [5.41, 5.74) is 2.74. The molecule has 0 saturated carbocycles. The second-order valence-electron chi connectivity index (χ2n) is 8.16. The summed E-state index contributed by atoms with van der Waals surface area (Å²) in [6.45, 7) is 7.32. The largest absolute Gasteiger partial charge is 0.504 e. The van der Waals surface area contributed by atoms with Crippen molar-refractivity contribution in [3.8, 4) is 23.0 Å². The Balaban J connectivity index is 0.000000237. The van der Waals surface area contributed by atoms with Crippen LogP contribution in [0.25, 0.3) is 0 Å². The lowest BCUT2D eigenvalue weighted by Crippen LogP contribution is -2.09. The van der Waals surface area contributed by atoms with Crippen LogP contribution < -0.4 is 14.2 Å². The van der Waals surface area contributed by atoms with Crippen molar-refractivity contribution in [1.29, 1.82) is 0 Å². The predicted molar refractivity (Wildman–Crippen MR) is 156 cm³/mol. The van der Waals surface area contributed by atoms with Gasteiger partial charge in [0.05, 0.1) is 25.3 Å². The maximum absolute atomic E-state index is 12.0. The highest BCUT2D eigenvalue weighted by molar-refractivity contribution is 5.91. The van der Waals surface area contributed by atoms with Crippen LogP contribution in [0, 0.1) is 0 Å². The predicted octanol–water partition coefficient (Wildman–Crippen LogP) is 5.95. The third kappa shape index (κ3) is 10.7. The van der Waals surface area contributed by atoms with Crippen molar-refractivity contribution < 1.29 is 34.0 Å². The molecule has 2 heterocycles. The van der Waals surface area contributed by atoms with Crippen LogP contribution in [0.4, 0.5) is 0 Å². The summed E-state index contributed by atoms with van der Waals surface area (Å²) in [5.74, 6) is 0.173. The number of carboxylic acid groups (broad SMARTS) is 1. The van der Waals surface area contributed by atoms with Gasteiger partial charge in [-0.15, -0.1) is 13.2 Å². The molecular formula is C32H32N2O7. The van der Waals surface area contributed by atoms with Crippen LogP contribution >= 0.6 is 0 Å². The molecule has 0 atom stereocenters. The van der Waals surface area contributed by atoms with E-state index in [2.05, 4.69) is 23.1 Å². The van der Waals surface area contributed by atoms with E-state index in [1.54, 1.807) is 48.7 Å². The summed E-state index contributed by atoms with van der Waals surface area (Å²) in [7, 11) is 3.07. The highest BCUT2D eigenvalue weighted by atomic mass is 16.6. The smallest absolute Gasteiger partial charge is 0.345 e. The quantitative estimate of drug-likeness (QED) is 0.146. The second kappa shape index (κ2) is 17.2. The fourth-order valence-corrected chi connectivity index (χ4v) is 3.24. The van der Waals surface area contributed by atoms with Crippen molar-refractivity contribution >= 4 is 11.9 Å². The zero-order valence-corrected chi connectivity index (χ0v) is 22.9. The Labute approximate surface area is 239 Å². The van der Waals surface area contributed by atoms with Crippen LogP contribution in [-0.2, 0) is 12.8 Å². The van der Waals surface area contributed by atoms with E-state index in [1.165, 1.54) is 38.9 Å². The number of aromatic carboxylic acids is 1. The standard InChI is InChI=1S/C16H15NO3.C10H12O2.C6H5NO2/c1-3-5-12-7-8-14(15(10-12)19-2)20-16(18)13-6-4-9-17-11-13;1-3-4-8-5-6-9(11)10(7-8)12-2;8-6(9)5-2-1-3-7-4-5/h3-4,6-11H,1,5H2,2H3;3,5-7,11H,1,4H2,2H3;1-4H,(H,8,9). The highest BCUT2D eigenvalue weighted by Crippen LogP contribution is 2.29. The second-order valence-corrected chi connectivity index (χ2v) is 8.16. The van der Waals surface area contributed by atoms with Crippen LogP contribution in [0.5, 0.6) is 23.0 Å². The average molecular weight is 557 g/mol. The van der Waals surface area contributed by atoms with Gasteiger partial charge in [0.25, 0.3) is 0 Å². The molecule has 41 heavy (non-hydrogen) atoms. The normalized spacial score (nSPS) is 9.51. The summed E-state index contributed by atoms with van der Waals surface area (Å²) < 4.78 is 15.5. The molecule has 0 unspecified atom stereocenters. The van der Waals surface area contributed by atoms with Gasteiger partial charge in [0.1, 0.15) is 0 Å². The molecule has 9 nitrogen and oxygen atoms in total. The first-order chi connectivity index (χ1) is 19.8. The molecule has 4 aromatic rings. The molecule has 0 fully saturated rings. The number of phenols is 1. The van der Waals surface area contributed by atoms with Gasteiger partial charge in [-0.3, -0.25) is 9.97 Å². The summed E-state index contributed by atoms with van der Waals surface area (Å²) in [6.07, 6.45) is 11.0. The zero-order chi connectivity index (χ0) is 30.0. The molecule has 2 aromatic carbocycles. The zero-order valence-electron chi connectivity index (χ0n) is 22.9. The number of hydrogen-bond acceptors (Lipinski definition) is 8. The van der Waals surface area contributed by atoms with E-state index >= 15 is 0 Å². The number of benzene rings is 2. The fraction of sp³-hybridized carbons (Fsp3) is 0.125. The lowest BCUT2D eigenvalue weighted by Gasteiger charge is -2.10. The summed E-state index contributed by atoms with van der Waals surface area (Å²) >= 11 is 0. The van der Waals surface area contributed by atoms with Crippen molar-refractivity contribution in [2.24, 2.45) is 0 Å². The topological polar surface area (TPSA) is 128 Å². The molecule has 0 aliphatic carbocycles. The van der Waals surface area contributed by atoms with E-state index in [4.69, 9.17) is 19.3 Å². The van der Waals surface area contributed by atoms with Gasteiger partial charge < -0.3 is 24.4 Å². The van der Waals surface area contributed by atoms with Gasteiger partial charge in [-0.25, -0.2) is 9.59 Å². The number of aromatic hydroxyl groups is 1. The van der Waals surface area contributed by atoms with E-state index in [-0.39, 0.29) is 11.3 Å². The Morgan fingerprint density at radius 2 is 1.32 bits per heavy atom. The Hall–Kier alpha value is -5.44. The number of rotatable bonds is 9. The first-order valence-electron chi connectivity index (χ1n) is 12.3. The highest BCUT2D eigenvalue weighted by Gasteiger charge is 2.12. The molecule has 4 rings (SSSR count). The molecular weight excluding hydrogens is 524 g/mol. The molecule has 0 amide bonds. The van der Waals surface area contributed by atoms with Gasteiger partial charge in [0.15, 0.2) is 23.0 Å². The van der Waals surface area contributed by atoms with Crippen molar-refractivity contribution in [2.45, 2.75) is 12.8 Å². The monoisotopic (exact) mass is 556 g/mol. The number of ether oxygens (including phenoxy) is 3. The maximum Gasteiger partial charge on any atom is 0.345 e. The van der Waals surface area contributed by atoms with Gasteiger partial charge in [-0.05, 0) is 72.5 Å². The molecule has 0 radical (unpaired) electrons. The van der Waals surface area contributed by atoms with Crippen LogP contribution in [0.3, 0.4) is 0 Å². The lowest BCUT2D eigenvalue weighted by atomic mass is 10.1. The summed E-state index contributed by atoms with van der Waals surface area (Å²) in [5, 5.41) is 17.6. The van der Waals surface area contributed by atoms with E-state index in [9.17, 15) is 14.7 Å². The van der Waals surface area contributed by atoms with Gasteiger partial charge in [0.2, 0.25) is 0 Å². The SMILES string of the molecule is C=CCc1ccc(O)c(OC)c1.C=CCc1ccc(OC(=O)c2cccnc2)c(OC)c1.O=C(O)c1cccnc1. The van der Waals surface area contributed by atoms with Gasteiger partial charge in [-0.2, -0.15) is 0 Å². The van der Waals surface area contributed by atoms with Crippen molar-refractivity contribution in [3.63, 3.8) is 0 Å². The summed E-state index contributed by atoms with van der Waals surface area (Å²) in [4.78, 5) is 29.6. The molecule has 2 aromatic heterocycles. The van der Waals surface area contributed by atoms with E-state index < -0.39 is 11.9 Å². The third-order valence-electron chi connectivity index (χ3n) is 5.24. The number of hydrogen-bond donors (Lipinski definition) is 2. The van der Waals surface area contributed by atoms with E-state index in [0.29, 0.717) is 22.8 Å². The minimum absolute atomic E-state index is 0.172. The number of pyridine rings is 2. The molecule has 0 saturated heterocycles. The molecule has 9 heteroatoms. The molecule has 0 aliphatic heterocycles. The van der Waals surface area contributed by atoms with Crippen LogP contribution in [0.2, 0.25) is 0 Å².